The van der Waals surface area contributed by atoms with Crippen LogP contribution >= 0.6 is 0 Å². The summed E-state index contributed by atoms with van der Waals surface area (Å²) in [5, 5.41) is 0. The monoisotopic (exact) mass is 255 g/mol. The van der Waals surface area contributed by atoms with Gasteiger partial charge in [-0.2, -0.15) is 0 Å². The molecule has 0 spiro atoms. The summed E-state index contributed by atoms with van der Waals surface area (Å²) in [6.45, 7) is 6.25. The molecule has 0 saturated carbocycles. The fraction of sp³-hybridized carbons (Fsp3) is 0.294. The van der Waals surface area contributed by atoms with Crippen molar-refractivity contribution in [2.24, 2.45) is 5.73 Å². The van der Waals surface area contributed by atoms with Crippen LogP contribution in [-0.2, 0) is 0 Å². The SMILES string of the molecule is CCC(N)c1ccc(Oc2cccc(C)c2C)cc1. The number of rotatable bonds is 4. The third-order valence-corrected chi connectivity index (χ3v) is 3.53. The number of hydrogen-bond donors (Lipinski definition) is 1. The summed E-state index contributed by atoms with van der Waals surface area (Å²) in [6.07, 6.45) is 0.942. The van der Waals surface area contributed by atoms with Crippen LogP contribution in [0.4, 0.5) is 0 Å². The minimum absolute atomic E-state index is 0.106. The average Bonchev–Trinajstić information content (AvgIpc) is 2.44. The number of aryl methyl sites for hydroxylation is 1. The fourth-order valence-corrected chi connectivity index (χ4v) is 1.98. The van der Waals surface area contributed by atoms with Gasteiger partial charge in [-0.1, -0.05) is 31.2 Å². The molecule has 0 bridgehead atoms. The lowest BCUT2D eigenvalue weighted by atomic mass is 10.1. The summed E-state index contributed by atoms with van der Waals surface area (Å²) in [5.74, 6) is 1.76. The van der Waals surface area contributed by atoms with Crippen LogP contribution in [0.2, 0.25) is 0 Å². The second-order valence-electron chi connectivity index (χ2n) is 4.88. The van der Waals surface area contributed by atoms with Gasteiger partial charge in [-0.25, -0.2) is 0 Å². The number of nitrogens with two attached hydrogens (primary N) is 1. The van der Waals surface area contributed by atoms with E-state index < -0.39 is 0 Å². The van der Waals surface area contributed by atoms with Crippen molar-refractivity contribution in [1.82, 2.24) is 0 Å². The second-order valence-corrected chi connectivity index (χ2v) is 4.88. The summed E-state index contributed by atoms with van der Waals surface area (Å²) in [5.41, 5.74) is 9.56. The maximum Gasteiger partial charge on any atom is 0.130 e. The molecule has 0 radical (unpaired) electrons. The van der Waals surface area contributed by atoms with E-state index in [4.69, 9.17) is 10.5 Å². The lowest BCUT2D eigenvalue weighted by Crippen LogP contribution is -2.08. The summed E-state index contributed by atoms with van der Waals surface area (Å²) in [7, 11) is 0. The molecule has 1 atom stereocenters. The van der Waals surface area contributed by atoms with Crippen molar-refractivity contribution in [2.75, 3.05) is 0 Å². The van der Waals surface area contributed by atoms with Gasteiger partial charge in [-0.05, 0) is 55.2 Å². The molecule has 0 aliphatic rings. The van der Waals surface area contributed by atoms with Crippen LogP contribution in [0, 0.1) is 13.8 Å². The van der Waals surface area contributed by atoms with Crippen LogP contribution < -0.4 is 10.5 Å². The molecule has 0 amide bonds. The van der Waals surface area contributed by atoms with E-state index in [1.54, 1.807) is 0 Å². The van der Waals surface area contributed by atoms with Gasteiger partial charge < -0.3 is 10.5 Å². The molecule has 2 N–H and O–H groups in total. The van der Waals surface area contributed by atoms with Crippen LogP contribution in [0.3, 0.4) is 0 Å². The van der Waals surface area contributed by atoms with Gasteiger partial charge in [0.25, 0.3) is 0 Å². The Morgan fingerprint density at radius 2 is 1.74 bits per heavy atom. The Balaban J connectivity index is 2.18. The maximum atomic E-state index is 6.00. The first kappa shape index (κ1) is 13.6. The zero-order valence-electron chi connectivity index (χ0n) is 11.8. The van der Waals surface area contributed by atoms with E-state index in [0.717, 1.165) is 23.5 Å². The summed E-state index contributed by atoms with van der Waals surface area (Å²) < 4.78 is 5.92. The van der Waals surface area contributed by atoms with E-state index in [0.29, 0.717) is 0 Å². The molecule has 0 aromatic heterocycles. The van der Waals surface area contributed by atoms with Gasteiger partial charge in [0.2, 0.25) is 0 Å². The normalized spacial score (nSPS) is 12.2. The van der Waals surface area contributed by atoms with E-state index in [9.17, 15) is 0 Å². The molecule has 0 aliphatic heterocycles. The molecule has 19 heavy (non-hydrogen) atoms. The summed E-state index contributed by atoms with van der Waals surface area (Å²) >= 11 is 0. The number of benzene rings is 2. The Morgan fingerprint density at radius 3 is 2.37 bits per heavy atom. The fourth-order valence-electron chi connectivity index (χ4n) is 1.98. The van der Waals surface area contributed by atoms with Crippen molar-refractivity contribution in [3.63, 3.8) is 0 Å². The highest BCUT2D eigenvalue weighted by Crippen LogP contribution is 2.27. The van der Waals surface area contributed by atoms with E-state index in [1.807, 2.05) is 36.4 Å². The van der Waals surface area contributed by atoms with Crippen LogP contribution in [0.25, 0.3) is 0 Å². The zero-order chi connectivity index (χ0) is 13.8. The standard InChI is InChI=1S/C17H21NO/c1-4-16(18)14-8-10-15(11-9-14)19-17-7-5-6-12(2)13(17)3/h5-11,16H,4,18H2,1-3H3. The van der Waals surface area contributed by atoms with Gasteiger partial charge in [0.15, 0.2) is 0 Å². The smallest absolute Gasteiger partial charge is 0.130 e. The van der Waals surface area contributed by atoms with Gasteiger partial charge in [0.05, 0.1) is 0 Å². The highest BCUT2D eigenvalue weighted by Gasteiger charge is 2.05. The first-order valence-corrected chi connectivity index (χ1v) is 6.71. The van der Waals surface area contributed by atoms with Crippen molar-refractivity contribution in [3.05, 3.63) is 59.2 Å². The molecule has 2 nitrogen and oxygen atoms in total. The van der Waals surface area contributed by atoms with Gasteiger partial charge in [-0.15, -0.1) is 0 Å². The number of ether oxygens (including phenoxy) is 1. The Bertz CT molecular complexity index is 546. The molecular formula is C17H21NO. The molecule has 2 aromatic carbocycles. The van der Waals surface area contributed by atoms with Crippen LogP contribution in [0.1, 0.15) is 36.1 Å². The topological polar surface area (TPSA) is 35.2 Å². The quantitative estimate of drug-likeness (QED) is 0.872. The molecule has 0 aliphatic carbocycles. The molecule has 0 saturated heterocycles. The molecule has 2 heteroatoms. The average molecular weight is 255 g/mol. The second kappa shape index (κ2) is 5.89. The van der Waals surface area contributed by atoms with Gasteiger partial charge in [-0.3, -0.25) is 0 Å². The van der Waals surface area contributed by atoms with Gasteiger partial charge in [0, 0.05) is 6.04 Å². The molecule has 100 valence electrons. The molecule has 2 aromatic rings. The van der Waals surface area contributed by atoms with E-state index in [2.05, 4.69) is 26.8 Å². The first-order chi connectivity index (χ1) is 9.11. The molecule has 2 rings (SSSR count). The zero-order valence-corrected chi connectivity index (χ0v) is 11.8. The maximum absolute atomic E-state index is 6.00. The first-order valence-electron chi connectivity index (χ1n) is 6.71. The van der Waals surface area contributed by atoms with Crippen LogP contribution in [0.5, 0.6) is 11.5 Å². The van der Waals surface area contributed by atoms with Crippen LogP contribution in [0.15, 0.2) is 42.5 Å². The van der Waals surface area contributed by atoms with Gasteiger partial charge in [0.1, 0.15) is 11.5 Å². The molecule has 1 unspecified atom stereocenters. The Labute approximate surface area is 115 Å². The van der Waals surface area contributed by atoms with E-state index >= 15 is 0 Å². The van der Waals surface area contributed by atoms with Crippen molar-refractivity contribution in [1.29, 1.82) is 0 Å². The number of hydrogen-bond acceptors (Lipinski definition) is 2. The lowest BCUT2D eigenvalue weighted by molar-refractivity contribution is 0.478. The van der Waals surface area contributed by atoms with E-state index in [1.165, 1.54) is 11.1 Å². The lowest BCUT2D eigenvalue weighted by Gasteiger charge is -2.12. The van der Waals surface area contributed by atoms with E-state index in [-0.39, 0.29) is 6.04 Å². The Morgan fingerprint density at radius 1 is 1.05 bits per heavy atom. The predicted octanol–water partition coefficient (Wildman–Crippen LogP) is 4.51. The molecule has 0 heterocycles. The predicted molar refractivity (Wildman–Crippen MR) is 79.7 cm³/mol. The van der Waals surface area contributed by atoms with Crippen molar-refractivity contribution < 1.29 is 4.74 Å². The van der Waals surface area contributed by atoms with Crippen molar-refractivity contribution in [2.45, 2.75) is 33.2 Å². The van der Waals surface area contributed by atoms with Crippen molar-refractivity contribution in [3.8, 4) is 11.5 Å². The third-order valence-electron chi connectivity index (χ3n) is 3.53. The van der Waals surface area contributed by atoms with Crippen molar-refractivity contribution >= 4 is 0 Å². The van der Waals surface area contributed by atoms with Crippen LogP contribution in [-0.4, -0.2) is 0 Å². The largest absolute Gasteiger partial charge is 0.457 e. The molecular weight excluding hydrogens is 234 g/mol. The highest BCUT2D eigenvalue weighted by molar-refractivity contribution is 5.41. The third kappa shape index (κ3) is 3.15. The Kier molecular flexibility index (Phi) is 4.23. The minimum atomic E-state index is 0.106. The summed E-state index contributed by atoms with van der Waals surface area (Å²) in [4.78, 5) is 0. The summed E-state index contributed by atoms with van der Waals surface area (Å²) in [6, 6.07) is 14.2. The van der Waals surface area contributed by atoms with Gasteiger partial charge >= 0.3 is 0 Å². The minimum Gasteiger partial charge on any atom is -0.457 e. The highest BCUT2D eigenvalue weighted by atomic mass is 16.5. The Hall–Kier alpha value is -1.80. The molecule has 0 fully saturated rings.